The molecule has 0 radical (unpaired) electrons. The van der Waals surface area contributed by atoms with Crippen molar-refractivity contribution in [2.45, 2.75) is 26.3 Å². The van der Waals surface area contributed by atoms with Crippen molar-refractivity contribution in [2.75, 3.05) is 32.7 Å². The molecule has 0 saturated heterocycles. The van der Waals surface area contributed by atoms with Crippen molar-refractivity contribution < 1.29 is 14.3 Å². The second kappa shape index (κ2) is 11.1. The fourth-order valence-corrected chi connectivity index (χ4v) is 3.90. The SMILES string of the molecule is CCOc1ccc(-n2c(C(CC)N(CCOC)C(=O)CCl)nc3ccccc3c2=O)cc1. The van der Waals surface area contributed by atoms with E-state index in [1.807, 2.05) is 50.2 Å². The number of fused-ring (bicyclic) bond motifs is 1. The Morgan fingerprint density at radius 1 is 1.16 bits per heavy atom. The molecule has 1 atom stereocenters. The maximum absolute atomic E-state index is 13.6. The first kappa shape index (κ1) is 23.8. The summed E-state index contributed by atoms with van der Waals surface area (Å²) in [7, 11) is 1.58. The third kappa shape index (κ3) is 4.95. The average molecular weight is 458 g/mol. The summed E-state index contributed by atoms with van der Waals surface area (Å²) >= 11 is 5.91. The quantitative estimate of drug-likeness (QED) is 0.431. The molecule has 1 heterocycles. The van der Waals surface area contributed by atoms with Crippen LogP contribution in [0.1, 0.15) is 32.1 Å². The number of nitrogens with zero attached hydrogens (tertiary/aromatic N) is 3. The number of alkyl halides is 1. The summed E-state index contributed by atoms with van der Waals surface area (Å²) < 4.78 is 12.3. The highest BCUT2D eigenvalue weighted by atomic mass is 35.5. The van der Waals surface area contributed by atoms with Crippen molar-refractivity contribution in [1.29, 1.82) is 0 Å². The van der Waals surface area contributed by atoms with Crippen LogP contribution in [-0.4, -0.2) is 53.1 Å². The third-order valence-electron chi connectivity index (χ3n) is 5.24. The van der Waals surface area contributed by atoms with Gasteiger partial charge < -0.3 is 14.4 Å². The summed E-state index contributed by atoms with van der Waals surface area (Å²) in [6, 6.07) is 14.0. The number of carbonyl (C=O) groups is 1. The lowest BCUT2D eigenvalue weighted by Gasteiger charge is -2.31. The molecule has 170 valence electrons. The smallest absolute Gasteiger partial charge is 0.266 e. The molecule has 0 bridgehead atoms. The summed E-state index contributed by atoms with van der Waals surface area (Å²) in [4.78, 5) is 32.8. The van der Waals surface area contributed by atoms with E-state index in [4.69, 9.17) is 26.1 Å². The summed E-state index contributed by atoms with van der Waals surface area (Å²) in [5, 5.41) is 0.507. The van der Waals surface area contributed by atoms with Crippen molar-refractivity contribution in [2.24, 2.45) is 0 Å². The molecule has 0 aliphatic heterocycles. The molecular formula is C24H28ClN3O4. The van der Waals surface area contributed by atoms with Gasteiger partial charge in [-0.05, 0) is 49.7 Å². The van der Waals surface area contributed by atoms with Crippen molar-refractivity contribution in [3.05, 3.63) is 64.7 Å². The lowest BCUT2D eigenvalue weighted by Crippen LogP contribution is -2.40. The van der Waals surface area contributed by atoms with E-state index in [1.165, 1.54) is 0 Å². The third-order valence-corrected chi connectivity index (χ3v) is 5.47. The van der Waals surface area contributed by atoms with Crippen LogP contribution in [0.5, 0.6) is 5.75 Å². The molecule has 0 saturated carbocycles. The monoisotopic (exact) mass is 457 g/mol. The number of rotatable bonds is 10. The number of halogens is 1. The van der Waals surface area contributed by atoms with Gasteiger partial charge in [-0.1, -0.05) is 19.1 Å². The van der Waals surface area contributed by atoms with Crippen LogP contribution in [0.25, 0.3) is 16.6 Å². The van der Waals surface area contributed by atoms with E-state index in [1.54, 1.807) is 28.7 Å². The standard InChI is InChI=1S/C24H28ClN3O4/c1-4-21(27(14-15-31-3)22(29)16-25)23-26-20-9-7-6-8-19(20)24(30)28(23)17-10-12-18(13-11-17)32-5-2/h6-13,21H,4-5,14-16H2,1-3H3. The molecule has 3 aromatic rings. The van der Waals surface area contributed by atoms with Gasteiger partial charge in [0.05, 0.1) is 35.8 Å². The van der Waals surface area contributed by atoms with E-state index in [0.717, 1.165) is 0 Å². The van der Waals surface area contributed by atoms with Gasteiger partial charge in [-0.3, -0.25) is 14.2 Å². The summed E-state index contributed by atoms with van der Waals surface area (Å²) in [5.41, 5.74) is 1.03. The van der Waals surface area contributed by atoms with Gasteiger partial charge in [0.15, 0.2) is 0 Å². The van der Waals surface area contributed by atoms with E-state index in [9.17, 15) is 9.59 Å². The van der Waals surface area contributed by atoms with Gasteiger partial charge in [-0.15, -0.1) is 11.6 Å². The highest BCUT2D eigenvalue weighted by Gasteiger charge is 2.28. The summed E-state index contributed by atoms with van der Waals surface area (Å²) in [6.45, 7) is 5.11. The van der Waals surface area contributed by atoms with E-state index < -0.39 is 6.04 Å². The van der Waals surface area contributed by atoms with Gasteiger partial charge in [-0.25, -0.2) is 4.98 Å². The molecule has 1 amide bonds. The minimum Gasteiger partial charge on any atom is -0.494 e. The highest BCUT2D eigenvalue weighted by molar-refractivity contribution is 6.27. The molecule has 32 heavy (non-hydrogen) atoms. The van der Waals surface area contributed by atoms with Gasteiger partial charge in [-0.2, -0.15) is 0 Å². The van der Waals surface area contributed by atoms with E-state index >= 15 is 0 Å². The topological polar surface area (TPSA) is 73.7 Å². The Morgan fingerprint density at radius 2 is 1.88 bits per heavy atom. The Hall–Kier alpha value is -2.90. The van der Waals surface area contributed by atoms with Crippen LogP contribution in [-0.2, 0) is 9.53 Å². The molecule has 3 rings (SSSR count). The maximum atomic E-state index is 13.6. The second-order valence-electron chi connectivity index (χ2n) is 7.19. The van der Waals surface area contributed by atoms with Gasteiger partial charge in [0, 0.05) is 13.7 Å². The zero-order valence-corrected chi connectivity index (χ0v) is 19.3. The first-order valence-corrected chi connectivity index (χ1v) is 11.2. The number of aromatic nitrogens is 2. The lowest BCUT2D eigenvalue weighted by atomic mass is 10.1. The zero-order valence-electron chi connectivity index (χ0n) is 18.6. The van der Waals surface area contributed by atoms with Crippen LogP contribution >= 0.6 is 11.6 Å². The van der Waals surface area contributed by atoms with Crippen molar-refractivity contribution in [3.8, 4) is 11.4 Å². The molecule has 1 unspecified atom stereocenters. The minimum atomic E-state index is -0.458. The lowest BCUT2D eigenvalue weighted by molar-refractivity contribution is -0.132. The number of para-hydroxylation sites is 1. The zero-order chi connectivity index (χ0) is 23.1. The Morgan fingerprint density at radius 3 is 2.50 bits per heavy atom. The largest absolute Gasteiger partial charge is 0.494 e. The minimum absolute atomic E-state index is 0.166. The number of amides is 1. The van der Waals surface area contributed by atoms with Crippen molar-refractivity contribution >= 4 is 28.4 Å². The maximum Gasteiger partial charge on any atom is 0.266 e. The molecule has 2 aromatic carbocycles. The molecule has 0 N–H and O–H groups in total. The predicted octanol–water partition coefficient (Wildman–Crippen LogP) is 3.95. The van der Waals surface area contributed by atoms with E-state index in [2.05, 4.69) is 0 Å². The molecule has 8 heteroatoms. The molecule has 1 aromatic heterocycles. The van der Waals surface area contributed by atoms with E-state index in [0.29, 0.717) is 54.3 Å². The fourth-order valence-electron chi connectivity index (χ4n) is 3.74. The molecule has 0 fully saturated rings. The van der Waals surface area contributed by atoms with Crippen LogP contribution in [0.3, 0.4) is 0 Å². The Balaban J connectivity index is 2.24. The van der Waals surface area contributed by atoms with Crippen molar-refractivity contribution in [1.82, 2.24) is 14.5 Å². The Labute approximate surface area is 192 Å². The number of benzene rings is 2. The number of carbonyl (C=O) groups excluding carboxylic acids is 1. The molecule has 0 aliphatic carbocycles. The number of methoxy groups -OCH3 is 1. The molecule has 0 aliphatic rings. The normalized spacial score (nSPS) is 12.0. The van der Waals surface area contributed by atoms with Crippen LogP contribution in [0.4, 0.5) is 0 Å². The highest BCUT2D eigenvalue weighted by Crippen LogP contribution is 2.27. The van der Waals surface area contributed by atoms with Gasteiger partial charge in [0.2, 0.25) is 5.91 Å². The van der Waals surface area contributed by atoms with E-state index in [-0.39, 0.29) is 17.3 Å². The average Bonchev–Trinajstić information content (AvgIpc) is 2.82. The molecule has 0 spiro atoms. The number of hydrogen-bond donors (Lipinski definition) is 0. The number of ether oxygens (including phenoxy) is 2. The van der Waals surface area contributed by atoms with Gasteiger partial charge >= 0.3 is 0 Å². The van der Waals surface area contributed by atoms with Crippen LogP contribution in [0.2, 0.25) is 0 Å². The molecular weight excluding hydrogens is 430 g/mol. The van der Waals surface area contributed by atoms with Gasteiger partial charge in [0.25, 0.3) is 5.56 Å². The van der Waals surface area contributed by atoms with Crippen molar-refractivity contribution in [3.63, 3.8) is 0 Å². The van der Waals surface area contributed by atoms with Crippen LogP contribution < -0.4 is 10.3 Å². The number of hydrogen-bond acceptors (Lipinski definition) is 5. The molecule has 7 nitrogen and oxygen atoms in total. The summed E-state index contributed by atoms with van der Waals surface area (Å²) in [5.74, 6) is 0.790. The first-order chi connectivity index (χ1) is 15.5. The second-order valence-corrected chi connectivity index (χ2v) is 7.46. The fraction of sp³-hybridized carbons (Fsp3) is 0.375. The Kier molecular flexibility index (Phi) is 8.25. The first-order valence-electron chi connectivity index (χ1n) is 10.6. The van der Waals surface area contributed by atoms with Crippen LogP contribution in [0, 0.1) is 0 Å². The van der Waals surface area contributed by atoms with Crippen LogP contribution in [0.15, 0.2) is 53.3 Å². The summed E-state index contributed by atoms with van der Waals surface area (Å²) in [6.07, 6.45) is 0.550. The Bertz CT molecular complexity index is 1110. The predicted molar refractivity (Wildman–Crippen MR) is 126 cm³/mol. The van der Waals surface area contributed by atoms with Gasteiger partial charge in [0.1, 0.15) is 17.5 Å².